The monoisotopic (exact) mass is 218 g/mol. The topological polar surface area (TPSA) is 55.8 Å². The van der Waals surface area contributed by atoms with Crippen molar-refractivity contribution >= 4 is 15.7 Å². The van der Waals surface area contributed by atoms with E-state index >= 15 is 0 Å². The summed E-state index contributed by atoms with van der Waals surface area (Å²) in [6, 6.07) is 0.962. The average molecular weight is 218 g/mol. The maximum Gasteiger partial charge on any atom is 0.333 e. The molecule has 5 heteroatoms. The Labute approximate surface area is 86.8 Å². The van der Waals surface area contributed by atoms with E-state index in [1.54, 1.807) is 6.92 Å². The fourth-order valence-electron chi connectivity index (χ4n) is 0.761. The van der Waals surface area contributed by atoms with Crippen molar-refractivity contribution in [3.8, 4) is 0 Å². The highest BCUT2D eigenvalue weighted by molar-refractivity contribution is 6.26. The summed E-state index contributed by atoms with van der Waals surface area (Å²) in [6.45, 7) is 6.04. The van der Waals surface area contributed by atoms with E-state index < -0.39 is 9.76 Å². The standard InChI is InChI=1S/C9H18O4Si/c1-8(2)9(11)12-5-3-7-14-13-6-4-10/h10H,1,3-7,14H2,2H3. The highest BCUT2D eigenvalue weighted by Gasteiger charge is 2.01. The van der Waals surface area contributed by atoms with Gasteiger partial charge in [-0.2, -0.15) is 0 Å². The van der Waals surface area contributed by atoms with Crippen LogP contribution in [0.5, 0.6) is 0 Å². The van der Waals surface area contributed by atoms with Crippen LogP contribution in [0.1, 0.15) is 13.3 Å². The van der Waals surface area contributed by atoms with Crippen LogP contribution in [0.25, 0.3) is 0 Å². The number of aliphatic hydroxyl groups is 1. The first kappa shape index (κ1) is 13.3. The number of hydrogen-bond acceptors (Lipinski definition) is 4. The second kappa shape index (κ2) is 8.92. The Hall–Kier alpha value is -0.653. The lowest BCUT2D eigenvalue weighted by molar-refractivity contribution is -0.138. The first-order valence-corrected chi connectivity index (χ1v) is 6.27. The van der Waals surface area contributed by atoms with Gasteiger partial charge in [-0.05, 0) is 19.4 Å². The molecule has 0 radical (unpaired) electrons. The molecule has 0 atom stereocenters. The number of rotatable bonds is 8. The summed E-state index contributed by atoms with van der Waals surface area (Å²) in [6.07, 6.45) is 0.830. The summed E-state index contributed by atoms with van der Waals surface area (Å²) in [5.74, 6) is -0.331. The summed E-state index contributed by atoms with van der Waals surface area (Å²) in [4.78, 5) is 10.9. The molecule has 0 fully saturated rings. The Morgan fingerprint density at radius 3 is 2.79 bits per heavy atom. The van der Waals surface area contributed by atoms with Gasteiger partial charge in [-0.15, -0.1) is 0 Å². The third kappa shape index (κ3) is 7.97. The van der Waals surface area contributed by atoms with Gasteiger partial charge >= 0.3 is 5.97 Å². The van der Waals surface area contributed by atoms with Gasteiger partial charge in [-0.25, -0.2) is 4.79 Å². The van der Waals surface area contributed by atoms with Crippen molar-refractivity contribution in [3.63, 3.8) is 0 Å². The van der Waals surface area contributed by atoms with Gasteiger partial charge in [-0.3, -0.25) is 0 Å². The number of hydrogen-bond donors (Lipinski definition) is 1. The summed E-state index contributed by atoms with van der Waals surface area (Å²) in [7, 11) is -0.538. The zero-order valence-electron chi connectivity index (χ0n) is 8.62. The van der Waals surface area contributed by atoms with Gasteiger partial charge in [0.15, 0.2) is 9.76 Å². The van der Waals surface area contributed by atoms with Crippen molar-refractivity contribution in [2.75, 3.05) is 19.8 Å². The largest absolute Gasteiger partial charge is 0.462 e. The Kier molecular flexibility index (Phi) is 8.51. The number of aliphatic hydroxyl groups excluding tert-OH is 1. The van der Waals surface area contributed by atoms with Crippen LogP contribution in [0.3, 0.4) is 0 Å². The fraction of sp³-hybridized carbons (Fsp3) is 0.667. The molecule has 0 spiro atoms. The van der Waals surface area contributed by atoms with E-state index in [-0.39, 0.29) is 12.6 Å². The Bertz CT molecular complexity index is 182. The predicted octanol–water partition coefficient (Wildman–Crippen LogP) is 0.00680. The Morgan fingerprint density at radius 1 is 1.50 bits per heavy atom. The molecule has 0 aliphatic heterocycles. The van der Waals surface area contributed by atoms with Crippen LogP contribution in [0.15, 0.2) is 12.2 Å². The van der Waals surface area contributed by atoms with E-state index in [4.69, 9.17) is 14.3 Å². The van der Waals surface area contributed by atoms with Crippen molar-refractivity contribution in [1.29, 1.82) is 0 Å². The number of carbonyl (C=O) groups is 1. The van der Waals surface area contributed by atoms with E-state index in [9.17, 15) is 4.79 Å². The SMILES string of the molecule is C=C(C)C(=O)OCCC[SiH2]OCCO. The molecule has 82 valence electrons. The van der Waals surface area contributed by atoms with Crippen LogP contribution >= 0.6 is 0 Å². The van der Waals surface area contributed by atoms with E-state index in [2.05, 4.69) is 6.58 Å². The molecular weight excluding hydrogens is 200 g/mol. The number of carbonyl (C=O) groups excluding carboxylic acids is 1. The normalized spacial score (nSPS) is 10.7. The first-order chi connectivity index (χ1) is 6.68. The van der Waals surface area contributed by atoms with Gasteiger partial charge in [-0.1, -0.05) is 6.58 Å². The quantitative estimate of drug-likeness (QED) is 0.270. The molecule has 0 saturated heterocycles. The minimum absolute atomic E-state index is 0.0810. The zero-order valence-corrected chi connectivity index (χ0v) is 10.0. The highest BCUT2D eigenvalue weighted by Crippen LogP contribution is 1.96. The minimum Gasteiger partial charge on any atom is -0.462 e. The van der Waals surface area contributed by atoms with Crippen LogP contribution in [-0.2, 0) is 14.0 Å². The third-order valence-electron chi connectivity index (χ3n) is 1.50. The summed E-state index contributed by atoms with van der Waals surface area (Å²) in [5, 5.41) is 8.42. The van der Waals surface area contributed by atoms with Crippen LogP contribution < -0.4 is 0 Å². The van der Waals surface area contributed by atoms with Gasteiger partial charge in [0.1, 0.15) is 0 Å². The number of esters is 1. The lowest BCUT2D eigenvalue weighted by Crippen LogP contribution is -2.08. The fourth-order valence-corrected chi connectivity index (χ4v) is 1.71. The van der Waals surface area contributed by atoms with Gasteiger partial charge in [0.05, 0.1) is 19.8 Å². The molecule has 0 aromatic carbocycles. The third-order valence-corrected chi connectivity index (χ3v) is 2.87. The molecule has 4 nitrogen and oxygen atoms in total. The maximum atomic E-state index is 10.9. The van der Waals surface area contributed by atoms with Crippen LogP contribution in [0.4, 0.5) is 0 Å². The summed E-state index contributed by atoms with van der Waals surface area (Å²) >= 11 is 0. The van der Waals surface area contributed by atoms with Gasteiger partial charge in [0, 0.05) is 5.57 Å². The highest BCUT2D eigenvalue weighted by atomic mass is 28.2. The van der Waals surface area contributed by atoms with Gasteiger partial charge in [0.2, 0.25) is 0 Å². The first-order valence-electron chi connectivity index (χ1n) is 4.69. The molecule has 0 aromatic heterocycles. The molecule has 14 heavy (non-hydrogen) atoms. The van der Waals surface area contributed by atoms with Crippen LogP contribution in [0, 0.1) is 0 Å². The summed E-state index contributed by atoms with van der Waals surface area (Å²) in [5.41, 5.74) is 0.429. The second-order valence-corrected chi connectivity index (χ2v) is 4.48. The Morgan fingerprint density at radius 2 is 2.21 bits per heavy atom. The molecule has 0 aliphatic rings. The van der Waals surface area contributed by atoms with Crippen LogP contribution in [0.2, 0.25) is 6.04 Å². The molecule has 0 aromatic rings. The van der Waals surface area contributed by atoms with E-state index in [0.717, 1.165) is 12.5 Å². The molecule has 1 N–H and O–H groups in total. The van der Waals surface area contributed by atoms with E-state index in [0.29, 0.717) is 18.8 Å². The minimum atomic E-state index is -0.538. The molecule has 0 heterocycles. The van der Waals surface area contributed by atoms with E-state index in [1.807, 2.05) is 0 Å². The molecule has 0 aliphatic carbocycles. The Balaban J connectivity index is 3.13. The van der Waals surface area contributed by atoms with Gasteiger partial charge < -0.3 is 14.3 Å². The average Bonchev–Trinajstić information content (AvgIpc) is 2.16. The van der Waals surface area contributed by atoms with Crippen molar-refractivity contribution in [3.05, 3.63) is 12.2 Å². The predicted molar refractivity (Wildman–Crippen MR) is 56.8 cm³/mol. The second-order valence-electron chi connectivity index (χ2n) is 2.96. The summed E-state index contributed by atoms with van der Waals surface area (Å²) < 4.78 is 10.1. The van der Waals surface area contributed by atoms with Crippen molar-refractivity contribution in [2.24, 2.45) is 0 Å². The molecular formula is C9H18O4Si. The van der Waals surface area contributed by atoms with Crippen LogP contribution in [-0.4, -0.2) is 40.7 Å². The molecule has 0 unspecified atom stereocenters. The number of ether oxygens (including phenoxy) is 1. The van der Waals surface area contributed by atoms with Crippen molar-refractivity contribution in [1.82, 2.24) is 0 Å². The smallest absolute Gasteiger partial charge is 0.333 e. The molecule has 0 saturated carbocycles. The maximum absolute atomic E-state index is 10.9. The zero-order chi connectivity index (χ0) is 10.8. The van der Waals surface area contributed by atoms with Gasteiger partial charge in [0.25, 0.3) is 0 Å². The van der Waals surface area contributed by atoms with E-state index in [1.165, 1.54) is 0 Å². The molecule has 0 amide bonds. The lowest BCUT2D eigenvalue weighted by atomic mass is 10.4. The molecule has 0 bridgehead atoms. The van der Waals surface area contributed by atoms with Crippen molar-refractivity contribution < 1.29 is 19.1 Å². The van der Waals surface area contributed by atoms with Crippen molar-refractivity contribution in [2.45, 2.75) is 19.4 Å². The lowest BCUT2D eigenvalue weighted by Gasteiger charge is -2.04. The molecule has 0 rings (SSSR count).